The van der Waals surface area contributed by atoms with Gasteiger partial charge in [0.1, 0.15) is 5.82 Å². The van der Waals surface area contributed by atoms with Gasteiger partial charge in [0, 0.05) is 22.8 Å². The molecule has 0 aromatic heterocycles. The second kappa shape index (κ2) is 5.47. The molecular formula is C10H11FN2OS. The van der Waals surface area contributed by atoms with Crippen molar-refractivity contribution in [1.82, 2.24) is 0 Å². The van der Waals surface area contributed by atoms with E-state index in [-0.39, 0.29) is 5.69 Å². The summed E-state index contributed by atoms with van der Waals surface area (Å²) in [5.41, 5.74) is 5.69. The average molecular weight is 226 g/mol. The van der Waals surface area contributed by atoms with E-state index in [1.165, 1.54) is 18.2 Å². The second-order valence-electron chi connectivity index (χ2n) is 3.03. The van der Waals surface area contributed by atoms with Gasteiger partial charge in [0.15, 0.2) is 0 Å². The van der Waals surface area contributed by atoms with Gasteiger partial charge >= 0.3 is 0 Å². The highest BCUT2D eigenvalue weighted by molar-refractivity contribution is 7.85. The first-order valence-corrected chi connectivity index (χ1v) is 5.77. The van der Waals surface area contributed by atoms with Crippen LogP contribution < -0.4 is 5.73 Å². The van der Waals surface area contributed by atoms with Crippen molar-refractivity contribution in [2.45, 2.75) is 17.7 Å². The van der Waals surface area contributed by atoms with Crippen molar-refractivity contribution in [3.63, 3.8) is 0 Å². The van der Waals surface area contributed by atoms with E-state index in [0.717, 1.165) is 0 Å². The molecule has 0 spiro atoms. The van der Waals surface area contributed by atoms with Gasteiger partial charge < -0.3 is 5.73 Å². The van der Waals surface area contributed by atoms with Crippen molar-refractivity contribution in [1.29, 1.82) is 5.26 Å². The molecule has 1 aromatic rings. The van der Waals surface area contributed by atoms with Crippen LogP contribution in [0.15, 0.2) is 23.1 Å². The molecule has 0 fully saturated rings. The van der Waals surface area contributed by atoms with Gasteiger partial charge in [0.2, 0.25) is 0 Å². The molecule has 0 aliphatic heterocycles. The van der Waals surface area contributed by atoms with E-state index in [9.17, 15) is 8.60 Å². The molecule has 1 unspecified atom stereocenters. The average Bonchev–Trinajstić information content (AvgIpc) is 2.16. The minimum Gasteiger partial charge on any atom is -0.399 e. The van der Waals surface area contributed by atoms with Crippen LogP contribution in [0.4, 0.5) is 10.1 Å². The quantitative estimate of drug-likeness (QED) is 0.629. The molecule has 0 radical (unpaired) electrons. The Morgan fingerprint density at radius 2 is 2.20 bits per heavy atom. The number of rotatable bonds is 4. The maximum atomic E-state index is 12.9. The Morgan fingerprint density at radius 3 is 2.80 bits per heavy atom. The largest absolute Gasteiger partial charge is 0.399 e. The third-order valence-corrected chi connectivity index (χ3v) is 3.20. The molecule has 1 aromatic carbocycles. The molecule has 2 N–H and O–H groups in total. The zero-order chi connectivity index (χ0) is 11.3. The van der Waals surface area contributed by atoms with Crippen LogP contribution in [0.1, 0.15) is 12.8 Å². The lowest BCUT2D eigenvalue weighted by Gasteiger charge is -2.02. The third-order valence-electron chi connectivity index (χ3n) is 1.77. The molecule has 0 bridgehead atoms. The summed E-state index contributed by atoms with van der Waals surface area (Å²) >= 11 is 0. The number of anilines is 1. The molecule has 15 heavy (non-hydrogen) atoms. The fourth-order valence-corrected chi connectivity index (χ4v) is 2.27. The van der Waals surface area contributed by atoms with Crippen molar-refractivity contribution < 1.29 is 8.60 Å². The summed E-state index contributed by atoms with van der Waals surface area (Å²) in [6.07, 6.45) is 0.899. The number of hydrogen-bond donors (Lipinski definition) is 1. The van der Waals surface area contributed by atoms with Gasteiger partial charge in [-0.2, -0.15) is 5.26 Å². The van der Waals surface area contributed by atoms with Crippen LogP contribution in [-0.2, 0) is 10.8 Å². The maximum Gasteiger partial charge on any atom is 0.126 e. The molecule has 5 heteroatoms. The zero-order valence-corrected chi connectivity index (χ0v) is 8.89. The van der Waals surface area contributed by atoms with Gasteiger partial charge in [-0.25, -0.2) is 4.39 Å². The Kier molecular flexibility index (Phi) is 4.25. The molecule has 3 nitrogen and oxygen atoms in total. The first-order chi connectivity index (χ1) is 7.13. The molecule has 1 rings (SSSR count). The Morgan fingerprint density at radius 1 is 1.47 bits per heavy atom. The number of nitrogens with zero attached hydrogens (tertiary/aromatic N) is 1. The summed E-state index contributed by atoms with van der Waals surface area (Å²) in [6, 6.07) is 5.84. The van der Waals surface area contributed by atoms with E-state index in [1.54, 1.807) is 0 Å². The van der Waals surface area contributed by atoms with E-state index >= 15 is 0 Å². The molecule has 0 heterocycles. The molecule has 1 atom stereocenters. The minimum absolute atomic E-state index is 0.263. The van der Waals surface area contributed by atoms with Crippen molar-refractivity contribution in [3.05, 3.63) is 24.0 Å². The van der Waals surface area contributed by atoms with Gasteiger partial charge in [-0.05, 0) is 24.6 Å². The van der Waals surface area contributed by atoms with Gasteiger partial charge in [-0.1, -0.05) is 0 Å². The van der Waals surface area contributed by atoms with E-state index < -0.39 is 16.6 Å². The predicted octanol–water partition coefficient (Wildman–Crippen LogP) is 1.82. The summed E-state index contributed by atoms with van der Waals surface area (Å²) in [6.45, 7) is 0. The normalized spacial score (nSPS) is 12.0. The fourth-order valence-electron chi connectivity index (χ4n) is 1.12. The summed E-state index contributed by atoms with van der Waals surface area (Å²) in [5.74, 6) is -0.130. The zero-order valence-electron chi connectivity index (χ0n) is 8.07. The molecule has 0 saturated carbocycles. The van der Waals surface area contributed by atoms with Crippen LogP contribution in [0.3, 0.4) is 0 Å². The molecule has 0 aliphatic rings. The number of unbranched alkanes of at least 4 members (excludes halogenated alkanes) is 1. The summed E-state index contributed by atoms with van der Waals surface area (Å²) in [7, 11) is -1.28. The Hall–Kier alpha value is -1.41. The smallest absolute Gasteiger partial charge is 0.126 e. The second-order valence-corrected chi connectivity index (χ2v) is 4.60. The lowest BCUT2D eigenvalue weighted by molar-refractivity contribution is 0.623. The SMILES string of the molecule is N#CCCCS(=O)c1cc(N)cc(F)c1. The fraction of sp³-hybridized carbons (Fsp3) is 0.300. The Labute approximate surface area is 90.2 Å². The van der Waals surface area contributed by atoms with E-state index in [2.05, 4.69) is 0 Å². The minimum atomic E-state index is -1.28. The monoisotopic (exact) mass is 226 g/mol. The molecule has 0 aliphatic carbocycles. The lowest BCUT2D eigenvalue weighted by atomic mass is 10.3. The lowest BCUT2D eigenvalue weighted by Crippen LogP contribution is -2.00. The van der Waals surface area contributed by atoms with Crippen molar-refractivity contribution in [2.24, 2.45) is 0 Å². The number of halogens is 1. The Bertz CT molecular complexity index is 394. The highest BCUT2D eigenvalue weighted by Crippen LogP contribution is 2.15. The number of nitrogens with two attached hydrogens (primary N) is 1. The van der Waals surface area contributed by atoms with Gasteiger partial charge in [0.25, 0.3) is 0 Å². The van der Waals surface area contributed by atoms with E-state index in [0.29, 0.717) is 23.5 Å². The van der Waals surface area contributed by atoms with Crippen molar-refractivity contribution >= 4 is 16.5 Å². The molecular weight excluding hydrogens is 215 g/mol. The van der Waals surface area contributed by atoms with Gasteiger partial charge in [0.05, 0.1) is 16.9 Å². The van der Waals surface area contributed by atoms with Crippen molar-refractivity contribution in [3.8, 4) is 6.07 Å². The van der Waals surface area contributed by atoms with Crippen LogP contribution in [-0.4, -0.2) is 9.96 Å². The van der Waals surface area contributed by atoms with Gasteiger partial charge in [-0.3, -0.25) is 4.21 Å². The molecule has 0 saturated heterocycles. The molecule has 0 amide bonds. The summed E-state index contributed by atoms with van der Waals surface area (Å²) in [4.78, 5) is 0.380. The van der Waals surface area contributed by atoms with Crippen LogP contribution in [0.5, 0.6) is 0 Å². The van der Waals surface area contributed by atoms with Crippen molar-refractivity contribution in [2.75, 3.05) is 11.5 Å². The van der Waals surface area contributed by atoms with E-state index in [1.807, 2.05) is 6.07 Å². The highest BCUT2D eigenvalue weighted by atomic mass is 32.2. The summed E-state index contributed by atoms with van der Waals surface area (Å²) < 4.78 is 24.5. The van der Waals surface area contributed by atoms with Crippen LogP contribution >= 0.6 is 0 Å². The number of nitriles is 1. The van der Waals surface area contributed by atoms with Gasteiger partial charge in [-0.15, -0.1) is 0 Å². The Balaban J connectivity index is 2.70. The third kappa shape index (κ3) is 3.68. The first-order valence-electron chi connectivity index (χ1n) is 4.45. The van der Waals surface area contributed by atoms with E-state index in [4.69, 9.17) is 11.0 Å². The number of hydrogen-bond acceptors (Lipinski definition) is 3. The van der Waals surface area contributed by atoms with Crippen LogP contribution in [0.2, 0.25) is 0 Å². The van der Waals surface area contributed by atoms with Crippen LogP contribution in [0.25, 0.3) is 0 Å². The number of nitrogen functional groups attached to an aromatic ring is 1. The first kappa shape index (κ1) is 11.7. The molecule has 80 valence electrons. The highest BCUT2D eigenvalue weighted by Gasteiger charge is 2.06. The predicted molar refractivity (Wildman–Crippen MR) is 56.9 cm³/mol. The summed E-state index contributed by atoms with van der Waals surface area (Å²) in [5, 5.41) is 8.31. The van der Waals surface area contributed by atoms with Crippen LogP contribution in [0, 0.1) is 17.1 Å². The standard InChI is InChI=1S/C10H11FN2OS/c11-8-5-9(13)7-10(6-8)15(14)4-2-1-3-12/h5-7H,1-2,4,13H2. The topological polar surface area (TPSA) is 66.9 Å². The maximum absolute atomic E-state index is 12.9. The number of benzene rings is 1.